The summed E-state index contributed by atoms with van der Waals surface area (Å²) in [5, 5.41) is 29.2. The van der Waals surface area contributed by atoms with Gasteiger partial charge in [-0.2, -0.15) is 0 Å². The van der Waals surface area contributed by atoms with Crippen LogP contribution in [0, 0.1) is 11.8 Å². The first-order valence-corrected chi connectivity index (χ1v) is 10.1. The van der Waals surface area contributed by atoms with Gasteiger partial charge in [0.1, 0.15) is 5.78 Å². The number of ketones is 1. The lowest BCUT2D eigenvalue weighted by molar-refractivity contribution is -0.137. The Morgan fingerprint density at radius 3 is 2.58 bits per heavy atom. The summed E-state index contributed by atoms with van der Waals surface area (Å²) in [6.07, 6.45) is 11.0. The molecular weight excluding hydrogens is 332 g/mol. The van der Waals surface area contributed by atoms with Crippen molar-refractivity contribution in [2.45, 2.75) is 96.2 Å². The minimum atomic E-state index is -0.765. The fourth-order valence-corrected chi connectivity index (χ4v) is 3.72. The first-order chi connectivity index (χ1) is 12.3. The number of unbranched alkanes of at least 4 members (excludes halogenated alkanes) is 4. The zero-order valence-corrected chi connectivity index (χ0v) is 16.3. The van der Waals surface area contributed by atoms with E-state index < -0.39 is 17.7 Å². The third-order valence-corrected chi connectivity index (χ3v) is 5.37. The van der Waals surface area contributed by atoms with Gasteiger partial charge in [0.2, 0.25) is 0 Å². The molecule has 0 radical (unpaired) electrons. The highest BCUT2D eigenvalue weighted by Crippen LogP contribution is 2.34. The van der Waals surface area contributed by atoms with E-state index in [4.69, 9.17) is 5.11 Å². The molecule has 0 spiro atoms. The number of rotatable bonds is 13. The van der Waals surface area contributed by atoms with Crippen LogP contribution >= 0.6 is 0 Å². The highest BCUT2D eigenvalue weighted by atomic mass is 16.4. The molecule has 0 aromatic carbocycles. The molecule has 1 saturated carbocycles. The summed E-state index contributed by atoms with van der Waals surface area (Å²) in [7, 11) is 0. The van der Waals surface area contributed by atoms with Crippen molar-refractivity contribution in [1.29, 1.82) is 0 Å². The molecule has 1 rings (SSSR count). The summed E-state index contributed by atoms with van der Waals surface area (Å²) in [6, 6.07) is 0. The number of hydrogen-bond acceptors (Lipinski definition) is 4. The van der Waals surface area contributed by atoms with Gasteiger partial charge in [-0.3, -0.25) is 9.59 Å². The van der Waals surface area contributed by atoms with Gasteiger partial charge >= 0.3 is 5.97 Å². The SMILES string of the molecule is CCCC[C@@](C)(O)C/C=C\[C@H]1[C@H](O)CC(=O)[C@@H]1CCCCCCC(=O)O. The summed E-state index contributed by atoms with van der Waals surface area (Å²) >= 11 is 0. The van der Waals surface area contributed by atoms with Crippen molar-refractivity contribution in [2.24, 2.45) is 11.8 Å². The number of Topliss-reactive ketones (excluding diaryl/α,β-unsaturated/α-hetero) is 1. The Kier molecular flexibility index (Phi) is 10.1. The Morgan fingerprint density at radius 1 is 1.23 bits per heavy atom. The van der Waals surface area contributed by atoms with Crippen molar-refractivity contribution in [2.75, 3.05) is 0 Å². The fraction of sp³-hybridized carbons (Fsp3) is 0.810. The zero-order chi connectivity index (χ0) is 19.6. The first kappa shape index (κ1) is 22.8. The monoisotopic (exact) mass is 368 g/mol. The second-order valence-electron chi connectivity index (χ2n) is 8.00. The number of carbonyl (C=O) groups excluding carboxylic acids is 1. The molecule has 0 aliphatic heterocycles. The van der Waals surface area contributed by atoms with Crippen LogP contribution in [-0.2, 0) is 9.59 Å². The smallest absolute Gasteiger partial charge is 0.303 e. The van der Waals surface area contributed by atoms with Crippen molar-refractivity contribution in [3.05, 3.63) is 12.2 Å². The van der Waals surface area contributed by atoms with Crippen LogP contribution < -0.4 is 0 Å². The average molecular weight is 369 g/mol. The van der Waals surface area contributed by atoms with E-state index in [1.807, 2.05) is 19.1 Å². The molecule has 1 aliphatic rings. The molecule has 5 heteroatoms. The largest absolute Gasteiger partial charge is 0.481 e. The van der Waals surface area contributed by atoms with Crippen LogP contribution in [0.15, 0.2) is 12.2 Å². The molecule has 0 bridgehead atoms. The third-order valence-electron chi connectivity index (χ3n) is 5.37. The first-order valence-electron chi connectivity index (χ1n) is 10.1. The van der Waals surface area contributed by atoms with Crippen molar-refractivity contribution < 1.29 is 24.9 Å². The fourth-order valence-electron chi connectivity index (χ4n) is 3.72. The molecule has 0 amide bonds. The van der Waals surface area contributed by atoms with Gasteiger partial charge in [-0.15, -0.1) is 0 Å². The number of carboxylic acids is 1. The predicted molar refractivity (Wildman–Crippen MR) is 102 cm³/mol. The van der Waals surface area contributed by atoms with Crippen molar-refractivity contribution in [1.82, 2.24) is 0 Å². The molecular formula is C21H36O5. The van der Waals surface area contributed by atoms with Crippen molar-refractivity contribution >= 4 is 11.8 Å². The molecule has 3 N–H and O–H groups in total. The second-order valence-corrected chi connectivity index (χ2v) is 8.00. The van der Waals surface area contributed by atoms with E-state index in [1.165, 1.54) is 0 Å². The summed E-state index contributed by atoms with van der Waals surface area (Å²) in [4.78, 5) is 22.7. The Hall–Kier alpha value is -1.20. The maximum Gasteiger partial charge on any atom is 0.303 e. The third kappa shape index (κ3) is 8.45. The van der Waals surface area contributed by atoms with E-state index in [2.05, 4.69) is 6.92 Å². The minimum absolute atomic E-state index is 0.121. The summed E-state index contributed by atoms with van der Waals surface area (Å²) < 4.78 is 0. The van der Waals surface area contributed by atoms with Gasteiger partial charge in [0, 0.05) is 24.7 Å². The Balaban J connectivity index is 2.44. The molecule has 0 aromatic heterocycles. The van der Waals surface area contributed by atoms with Crippen LogP contribution in [0.5, 0.6) is 0 Å². The van der Waals surface area contributed by atoms with Crippen LogP contribution in [-0.4, -0.2) is 38.8 Å². The molecule has 1 fully saturated rings. The van der Waals surface area contributed by atoms with Gasteiger partial charge in [-0.05, 0) is 32.6 Å². The molecule has 0 unspecified atom stereocenters. The highest BCUT2D eigenvalue weighted by Gasteiger charge is 2.39. The molecule has 5 nitrogen and oxygen atoms in total. The predicted octanol–water partition coefficient (Wildman–Crippen LogP) is 3.87. The molecule has 1 aliphatic carbocycles. The van der Waals surface area contributed by atoms with Gasteiger partial charge in [0.25, 0.3) is 0 Å². The summed E-state index contributed by atoms with van der Waals surface area (Å²) in [5.41, 5.74) is -0.736. The number of hydrogen-bond donors (Lipinski definition) is 3. The van der Waals surface area contributed by atoms with Crippen molar-refractivity contribution in [3.8, 4) is 0 Å². The Labute approximate surface area is 157 Å². The lowest BCUT2D eigenvalue weighted by Crippen LogP contribution is -2.23. The van der Waals surface area contributed by atoms with E-state index in [0.717, 1.165) is 44.9 Å². The van der Waals surface area contributed by atoms with E-state index in [1.54, 1.807) is 0 Å². The van der Waals surface area contributed by atoms with Gasteiger partial charge in [-0.1, -0.05) is 51.2 Å². The average Bonchev–Trinajstić information content (AvgIpc) is 2.82. The van der Waals surface area contributed by atoms with Gasteiger partial charge in [0.05, 0.1) is 11.7 Å². The molecule has 26 heavy (non-hydrogen) atoms. The normalized spacial score (nSPS) is 25.7. The summed E-state index contributed by atoms with van der Waals surface area (Å²) in [6.45, 7) is 3.93. The van der Waals surface area contributed by atoms with E-state index in [0.29, 0.717) is 12.8 Å². The van der Waals surface area contributed by atoms with Crippen LogP contribution in [0.3, 0.4) is 0 Å². The summed E-state index contributed by atoms with van der Waals surface area (Å²) in [5.74, 6) is -0.959. The maximum atomic E-state index is 12.2. The molecule has 4 atom stereocenters. The number of carbonyl (C=O) groups is 2. The van der Waals surface area contributed by atoms with Gasteiger partial charge in [0.15, 0.2) is 0 Å². The maximum absolute atomic E-state index is 12.2. The van der Waals surface area contributed by atoms with Crippen LogP contribution in [0.2, 0.25) is 0 Å². The minimum Gasteiger partial charge on any atom is -0.481 e. The van der Waals surface area contributed by atoms with Gasteiger partial charge < -0.3 is 15.3 Å². The molecule has 0 aromatic rings. The van der Waals surface area contributed by atoms with Crippen LogP contribution in [0.1, 0.15) is 84.5 Å². The molecule has 0 heterocycles. The van der Waals surface area contributed by atoms with Crippen LogP contribution in [0.4, 0.5) is 0 Å². The Morgan fingerprint density at radius 2 is 1.92 bits per heavy atom. The van der Waals surface area contributed by atoms with E-state index in [9.17, 15) is 19.8 Å². The quantitative estimate of drug-likeness (QED) is 0.339. The number of carboxylic acid groups (broad SMARTS) is 1. The topological polar surface area (TPSA) is 94.8 Å². The van der Waals surface area contributed by atoms with E-state index >= 15 is 0 Å². The lowest BCUT2D eigenvalue weighted by Gasteiger charge is -2.22. The Bertz CT molecular complexity index is 469. The number of aliphatic hydroxyl groups excluding tert-OH is 1. The zero-order valence-electron chi connectivity index (χ0n) is 16.3. The lowest BCUT2D eigenvalue weighted by atomic mass is 9.87. The standard InChI is InChI=1S/C21H36O5/c1-3-4-13-21(2,26)14-9-11-17-16(18(22)15-19(17)23)10-7-5-6-8-12-20(24)25/h9,11,16-17,19,23,26H,3-8,10,12-15H2,1-2H3,(H,24,25)/b11-9-/t16-,17-,19-,21-/m1/s1. The number of aliphatic carboxylic acids is 1. The molecule has 0 saturated heterocycles. The molecule has 150 valence electrons. The number of aliphatic hydroxyl groups is 2. The van der Waals surface area contributed by atoms with Crippen molar-refractivity contribution in [3.63, 3.8) is 0 Å². The second kappa shape index (κ2) is 11.5. The van der Waals surface area contributed by atoms with Gasteiger partial charge in [-0.25, -0.2) is 0 Å². The van der Waals surface area contributed by atoms with E-state index in [-0.39, 0.29) is 30.5 Å². The van der Waals surface area contributed by atoms with Crippen LogP contribution in [0.25, 0.3) is 0 Å². The highest BCUT2D eigenvalue weighted by molar-refractivity contribution is 5.84.